The third-order valence-electron chi connectivity index (χ3n) is 2.73. The fourth-order valence-electron chi connectivity index (χ4n) is 1.80. The number of nitrogens with one attached hydrogen (secondary N) is 2. The van der Waals surface area contributed by atoms with Crippen molar-refractivity contribution >= 4 is 27.5 Å². The van der Waals surface area contributed by atoms with Gasteiger partial charge in [-0.1, -0.05) is 12.1 Å². The molecule has 0 aliphatic carbocycles. The zero-order valence-corrected chi connectivity index (χ0v) is 11.3. The largest absolute Gasteiger partial charge is 0.380 e. The Hall–Kier alpha value is -0.720. The van der Waals surface area contributed by atoms with E-state index in [-0.39, 0.29) is 0 Å². The first kappa shape index (κ1) is 12.7. The second kappa shape index (κ2) is 5.29. The third-order valence-corrected chi connectivity index (χ3v) is 5.37. The maximum atomic E-state index is 11.8. The van der Waals surface area contributed by atoms with Gasteiger partial charge in [0, 0.05) is 11.8 Å². The summed E-state index contributed by atoms with van der Waals surface area (Å²) in [6, 6.07) is 7.38. The van der Waals surface area contributed by atoms with Crippen LogP contribution in [-0.4, -0.2) is 33.0 Å². The van der Waals surface area contributed by atoms with Gasteiger partial charge in [-0.2, -0.15) is 11.8 Å². The van der Waals surface area contributed by atoms with Crippen molar-refractivity contribution in [3.63, 3.8) is 0 Å². The molecule has 1 heterocycles. The lowest BCUT2D eigenvalue weighted by Crippen LogP contribution is -2.23. The van der Waals surface area contributed by atoms with Crippen LogP contribution in [0.25, 0.3) is 0 Å². The van der Waals surface area contributed by atoms with Crippen LogP contribution in [0.2, 0.25) is 0 Å². The van der Waals surface area contributed by atoms with E-state index in [1.54, 1.807) is 12.1 Å². The minimum Gasteiger partial charge on any atom is -0.380 e. The minimum absolute atomic E-state index is 0.319. The van der Waals surface area contributed by atoms with Crippen LogP contribution in [0.15, 0.2) is 29.2 Å². The SMILES string of the molecule is CNS(=O)(=O)c1ccccc1NC1CCSC1. The highest BCUT2D eigenvalue weighted by atomic mass is 32.2. The summed E-state index contributed by atoms with van der Waals surface area (Å²) < 4.78 is 26.0. The molecule has 1 fully saturated rings. The molecule has 1 aliphatic heterocycles. The Balaban J connectivity index is 2.27. The molecule has 0 spiro atoms. The summed E-state index contributed by atoms with van der Waals surface area (Å²) in [7, 11) is -1.96. The highest BCUT2D eigenvalue weighted by Crippen LogP contribution is 2.25. The van der Waals surface area contributed by atoms with Gasteiger partial charge in [-0.25, -0.2) is 13.1 Å². The highest BCUT2D eigenvalue weighted by Gasteiger charge is 2.20. The predicted molar refractivity (Wildman–Crippen MR) is 72.0 cm³/mol. The first-order valence-corrected chi connectivity index (χ1v) is 8.14. The highest BCUT2D eigenvalue weighted by molar-refractivity contribution is 7.99. The number of rotatable bonds is 4. The fourth-order valence-corrected chi connectivity index (χ4v) is 3.84. The van der Waals surface area contributed by atoms with Crippen molar-refractivity contribution in [1.29, 1.82) is 0 Å². The Morgan fingerprint density at radius 3 is 2.76 bits per heavy atom. The number of hydrogen-bond acceptors (Lipinski definition) is 4. The molecule has 0 radical (unpaired) electrons. The van der Waals surface area contributed by atoms with E-state index in [0.717, 1.165) is 17.9 Å². The Morgan fingerprint density at radius 1 is 1.35 bits per heavy atom. The van der Waals surface area contributed by atoms with Gasteiger partial charge in [0.25, 0.3) is 0 Å². The normalized spacial score (nSPS) is 20.4. The van der Waals surface area contributed by atoms with E-state index in [0.29, 0.717) is 16.6 Å². The van der Waals surface area contributed by atoms with Crippen LogP contribution in [0.5, 0.6) is 0 Å². The summed E-state index contributed by atoms with van der Waals surface area (Å²) in [6.45, 7) is 0. The number of anilines is 1. The van der Waals surface area contributed by atoms with Crippen LogP contribution in [0.1, 0.15) is 6.42 Å². The second-order valence-electron chi connectivity index (χ2n) is 3.91. The summed E-state index contributed by atoms with van der Waals surface area (Å²) in [6.07, 6.45) is 1.08. The smallest absolute Gasteiger partial charge is 0.242 e. The standard InChI is InChI=1S/C11H16N2O2S2/c1-12-17(14,15)11-5-3-2-4-10(11)13-9-6-7-16-8-9/h2-5,9,12-13H,6-8H2,1H3. The van der Waals surface area contributed by atoms with Gasteiger partial charge >= 0.3 is 0 Å². The Morgan fingerprint density at radius 2 is 2.12 bits per heavy atom. The molecule has 0 saturated carbocycles. The van der Waals surface area contributed by atoms with Crippen LogP contribution in [-0.2, 0) is 10.0 Å². The molecule has 2 rings (SSSR count). The summed E-state index contributed by atoms with van der Waals surface area (Å²) in [5, 5.41) is 3.31. The van der Waals surface area contributed by atoms with E-state index >= 15 is 0 Å². The first-order valence-electron chi connectivity index (χ1n) is 5.50. The zero-order valence-electron chi connectivity index (χ0n) is 9.64. The van der Waals surface area contributed by atoms with Crippen molar-refractivity contribution in [2.75, 3.05) is 23.9 Å². The van der Waals surface area contributed by atoms with E-state index in [4.69, 9.17) is 0 Å². The topological polar surface area (TPSA) is 58.2 Å². The Bertz CT molecular complexity index is 482. The minimum atomic E-state index is -3.39. The molecule has 1 aromatic rings. The molecule has 1 aromatic carbocycles. The van der Waals surface area contributed by atoms with Crippen molar-refractivity contribution in [2.45, 2.75) is 17.4 Å². The Kier molecular flexibility index (Phi) is 3.96. The van der Waals surface area contributed by atoms with Gasteiger partial charge in [-0.15, -0.1) is 0 Å². The van der Waals surface area contributed by atoms with Crippen molar-refractivity contribution < 1.29 is 8.42 Å². The average Bonchev–Trinajstić information content (AvgIpc) is 2.82. The van der Waals surface area contributed by atoms with Gasteiger partial charge in [0.1, 0.15) is 4.90 Å². The number of thioether (sulfide) groups is 1. The number of benzene rings is 1. The average molecular weight is 272 g/mol. The van der Waals surface area contributed by atoms with Crippen molar-refractivity contribution in [1.82, 2.24) is 4.72 Å². The van der Waals surface area contributed by atoms with Crippen LogP contribution in [0.4, 0.5) is 5.69 Å². The summed E-state index contributed by atoms with van der Waals surface area (Å²) in [5.41, 5.74) is 0.689. The van der Waals surface area contributed by atoms with Crippen LogP contribution in [0.3, 0.4) is 0 Å². The molecule has 1 aliphatic rings. The van der Waals surface area contributed by atoms with Gasteiger partial charge < -0.3 is 5.32 Å². The second-order valence-corrected chi connectivity index (χ2v) is 6.91. The molecule has 0 bridgehead atoms. The number of para-hydroxylation sites is 1. The zero-order chi connectivity index (χ0) is 12.3. The summed E-state index contributed by atoms with van der Waals surface area (Å²) >= 11 is 1.89. The molecule has 1 atom stereocenters. The fraction of sp³-hybridized carbons (Fsp3) is 0.455. The van der Waals surface area contributed by atoms with E-state index in [2.05, 4.69) is 10.0 Å². The summed E-state index contributed by atoms with van der Waals surface area (Å²) in [5.74, 6) is 2.17. The van der Waals surface area contributed by atoms with Gasteiger partial charge in [0.05, 0.1) is 5.69 Å². The maximum Gasteiger partial charge on any atom is 0.242 e. The monoisotopic (exact) mass is 272 g/mol. The van der Waals surface area contributed by atoms with E-state index in [1.165, 1.54) is 7.05 Å². The molecule has 2 N–H and O–H groups in total. The Labute approximate surface area is 106 Å². The molecule has 94 valence electrons. The predicted octanol–water partition coefficient (Wildman–Crippen LogP) is 1.51. The number of hydrogen-bond donors (Lipinski definition) is 2. The van der Waals surface area contributed by atoms with Gasteiger partial charge in [0.2, 0.25) is 10.0 Å². The lowest BCUT2D eigenvalue weighted by atomic mass is 10.2. The molecule has 17 heavy (non-hydrogen) atoms. The van der Waals surface area contributed by atoms with E-state index in [9.17, 15) is 8.42 Å². The van der Waals surface area contributed by atoms with Crippen molar-refractivity contribution in [3.8, 4) is 0 Å². The first-order chi connectivity index (χ1) is 8.13. The van der Waals surface area contributed by atoms with Crippen molar-refractivity contribution in [2.24, 2.45) is 0 Å². The van der Waals surface area contributed by atoms with E-state index in [1.807, 2.05) is 23.9 Å². The molecule has 4 nitrogen and oxygen atoms in total. The molecular formula is C11H16N2O2S2. The van der Waals surface area contributed by atoms with Gasteiger partial charge in [0.15, 0.2) is 0 Å². The molecule has 1 unspecified atom stereocenters. The lowest BCUT2D eigenvalue weighted by molar-refractivity contribution is 0.588. The lowest BCUT2D eigenvalue weighted by Gasteiger charge is -2.16. The molecular weight excluding hydrogens is 256 g/mol. The van der Waals surface area contributed by atoms with Crippen LogP contribution < -0.4 is 10.0 Å². The maximum absolute atomic E-state index is 11.8. The quantitative estimate of drug-likeness (QED) is 0.872. The van der Waals surface area contributed by atoms with Gasteiger partial charge in [-0.3, -0.25) is 0 Å². The molecule has 0 amide bonds. The summed E-state index contributed by atoms with van der Waals surface area (Å²) in [4.78, 5) is 0.319. The molecule has 0 aromatic heterocycles. The van der Waals surface area contributed by atoms with Crippen LogP contribution >= 0.6 is 11.8 Å². The van der Waals surface area contributed by atoms with E-state index < -0.39 is 10.0 Å². The van der Waals surface area contributed by atoms with Crippen LogP contribution in [0, 0.1) is 0 Å². The van der Waals surface area contributed by atoms with Gasteiger partial charge in [-0.05, 0) is 31.4 Å². The number of sulfonamides is 1. The molecule has 1 saturated heterocycles. The molecule has 6 heteroatoms. The van der Waals surface area contributed by atoms with Crippen molar-refractivity contribution in [3.05, 3.63) is 24.3 Å². The third kappa shape index (κ3) is 2.94.